The third-order valence-corrected chi connectivity index (χ3v) is 8.20. The van der Waals surface area contributed by atoms with Gasteiger partial charge in [-0.1, -0.05) is 54.6 Å². The smallest absolute Gasteiger partial charge is 0.119 e. The van der Waals surface area contributed by atoms with Crippen LogP contribution >= 0.6 is 0 Å². The predicted molar refractivity (Wildman–Crippen MR) is 136 cm³/mol. The first-order valence-corrected chi connectivity index (χ1v) is 12.2. The molecule has 2 aliphatic rings. The number of aromatic nitrogens is 1. The summed E-state index contributed by atoms with van der Waals surface area (Å²) in [5, 5.41) is 13.8. The fraction of sp³-hybridized carbons (Fsp3) is 0.333. The van der Waals surface area contributed by atoms with Gasteiger partial charge in [-0.05, 0) is 60.3 Å². The lowest BCUT2D eigenvalue weighted by Gasteiger charge is -2.56. The van der Waals surface area contributed by atoms with Gasteiger partial charge in [-0.15, -0.1) is 0 Å². The number of β-amino-alcohol motifs (C(OH)–C–C–N with tert-alkyl or cyclic N) is 1. The zero-order chi connectivity index (χ0) is 23.3. The van der Waals surface area contributed by atoms with Crippen molar-refractivity contribution in [2.45, 2.75) is 43.7 Å². The van der Waals surface area contributed by atoms with E-state index < -0.39 is 5.60 Å². The number of benzene rings is 3. The van der Waals surface area contributed by atoms with Crippen molar-refractivity contribution in [1.82, 2.24) is 9.88 Å². The number of aromatic amines is 1. The third kappa shape index (κ3) is 3.36. The molecular weight excluding hydrogens is 420 g/mol. The molecule has 174 valence electrons. The van der Waals surface area contributed by atoms with E-state index in [0.717, 1.165) is 31.7 Å². The normalized spacial score (nSPS) is 24.6. The van der Waals surface area contributed by atoms with Crippen LogP contribution in [0.4, 0.5) is 0 Å². The van der Waals surface area contributed by atoms with Gasteiger partial charge in [0.2, 0.25) is 0 Å². The van der Waals surface area contributed by atoms with Gasteiger partial charge in [0.05, 0.1) is 12.7 Å². The van der Waals surface area contributed by atoms with E-state index >= 15 is 0 Å². The fourth-order valence-corrected chi connectivity index (χ4v) is 6.44. The summed E-state index contributed by atoms with van der Waals surface area (Å²) < 4.78 is 5.59. The first-order chi connectivity index (χ1) is 16.5. The van der Waals surface area contributed by atoms with Gasteiger partial charge >= 0.3 is 0 Å². The van der Waals surface area contributed by atoms with E-state index in [-0.39, 0.29) is 5.41 Å². The van der Waals surface area contributed by atoms with Crippen LogP contribution in [0.5, 0.6) is 5.75 Å². The van der Waals surface area contributed by atoms with Gasteiger partial charge in [-0.3, -0.25) is 4.90 Å². The molecule has 4 nitrogen and oxygen atoms in total. The zero-order valence-corrected chi connectivity index (χ0v) is 20.0. The summed E-state index contributed by atoms with van der Waals surface area (Å²) in [6, 6.07) is 25.6. The maximum atomic E-state index is 12.6. The van der Waals surface area contributed by atoms with Crippen molar-refractivity contribution in [2.75, 3.05) is 20.2 Å². The summed E-state index contributed by atoms with van der Waals surface area (Å²) in [5.41, 5.74) is 6.19. The Morgan fingerprint density at radius 2 is 1.85 bits per heavy atom. The summed E-state index contributed by atoms with van der Waals surface area (Å²) in [7, 11) is 1.71. The Bertz CT molecular complexity index is 1340. The minimum Gasteiger partial charge on any atom is -0.497 e. The first kappa shape index (κ1) is 21.5. The molecule has 0 bridgehead atoms. The second kappa shape index (κ2) is 8.00. The summed E-state index contributed by atoms with van der Waals surface area (Å²) in [6.07, 6.45) is 2.35. The Hall–Kier alpha value is -3.08. The van der Waals surface area contributed by atoms with Gasteiger partial charge in [0.25, 0.3) is 0 Å². The minimum absolute atomic E-state index is 0.363. The molecule has 2 unspecified atom stereocenters. The molecule has 1 aliphatic carbocycles. The lowest BCUT2D eigenvalue weighted by Crippen LogP contribution is -2.66. The molecule has 1 aromatic heterocycles. The highest BCUT2D eigenvalue weighted by molar-refractivity contribution is 5.86. The lowest BCUT2D eigenvalue weighted by molar-refractivity contribution is -0.105. The van der Waals surface area contributed by atoms with Crippen LogP contribution in [-0.4, -0.2) is 40.8 Å². The Labute approximate surface area is 201 Å². The van der Waals surface area contributed by atoms with Gasteiger partial charge in [-0.2, -0.15) is 0 Å². The van der Waals surface area contributed by atoms with Crippen LogP contribution in [0, 0.1) is 6.92 Å². The highest BCUT2D eigenvalue weighted by atomic mass is 16.5. The van der Waals surface area contributed by atoms with Gasteiger partial charge in [0, 0.05) is 47.9 Å². The molecular formula is C30H32N2O2. The summed E-state index contributed by atoms with van der Waals surface area (Å²) in [6.45, 7) is 4.59. The van der Waals surface area contributed by atoms with E-state index in [9.17, 15) is 5.11 Å². The van der Waals surface area contributed by atoms with Gasteiger partial charge in [-0.25, -0.2) is 0 Å². The van der Waals surface area contributed by atoms with E-state index in [1.54, 1.807) is 7.11 Å². The molecule has 0 spiro atoms. The van der Waals surface area contributed by atoms with Crippen molar-refractivity contribution in [3.8, 4) is 5.75 Å². The minimum atomic E-state index is -0.876. The number of fused-ring (bicyclic) bond motifs is 4. The number of ether oxygens (including phenoxy) is 1. The number of aryl methyl sites for hydroxylation is 1. The first-order valence-electron chi connectivity index (χ1n) is 12.2. The molecule has 34 heavy (non-hydrogen) atoms. The van der Waals surface area contributed by atoms with Crippen LogP contribution in [0.15, 0.2) is 72.8 Å². The number of H-pyrrole nitrogens is 1. The number of piperidine rings is 1. The molecule has 2 heterocycles. The van der Waals surface area contributed by atoms with E-state index in [1.807, 2.05) is 6.07 Å². The van der Waals surface area contributed by atoms with Crippen LogP contribution < -0.4 is 4.74 Å². The van der Waals surface area contributed by atoms with Gasteiger partial charge in [0.15, 0.2) is 0 Å². The highest BCUT2D eigenvalue weighted by Crippen LogP contribution is 2.52. The number of hydrogen-bond acceptors (Lipinski definition) is 3. The molecule has 0 saturated carbocycles. The van der Waals surface area contributed by atoms with Crippen LogP contribution in [0.2, 0.25) is 0 Å². The van der Waals surface area contributed by atoms with Crippen LogP contribution in [0.25, 0.3) is 10.9 Å². The molecule has 1 saturated heterocycles. The SMILES string of the molecule is COc1cccc(C23CCN(Cc4ccccc4)CC2(O)Cc2c([nH]c4cc(C)ccc24)C3)c1. The summed E-state index contributed by atoms with van der Waals surface area (Å²) >= 11 is 0. The van der Waals surface area contributed by atoms with Gasteiger partial charge in [0.1, 0.15) is 5.75 Å². The van der Waals surface area contributed by atoms with Crippen LogP contribution in [0.1, 0.15) is 34.4 Å². The monoisotopic (exact) mass is 452 g/mol. The maximum absolute atomic E-state index is 12.6. The number of aliphatic hydroxyl groups is 1. The molecule has 0 amide bonds. The summed E-state index contributed by atoms with van der Waals surface area (Å²) in [4.78, 5) is 6.15. The molecule has 3 aromatic carbocycles. The van der Waals surface area contributed by atoms with Crippen molar-refractivity contribution < 1.29 is 9.84 Å². The summed E-state index contributed by atoms with van der Waals surface area (Å²) in [5.74, 6) is 0.846. The molecule has 4 heteroatoms. The van der Waals surface area contributed by atoms with Crippen molar-refractivity contribution in [1.29, 1.82) is 0 Å². The van der Waals surface area contributed by atoms with Crippen molar-refractivity contribution in [3.05, 3.63) is 101 Å². The fourth-order valence-electron chi connectivity index (χ4n) is 6.44. The Morgan fingerprint density at radius 3 is 2.68 bits per heavy atom. The standard InChI is InChI=1S/C30H32N2O2/c1-21-11-12-25-26-17-30(33)20-32(19-22-7-4-3-5-8-22)14-13-29(30,18-28(26)31-27(25)15-21)23-9-6-10-24(16-23)34-2/h3-12,15-16,31,33H,13-14,17-20H2,1-2H3. The quantitative estimate of drug-likeness (QED) is 0.450. The van der Waals surface area contributed by atoms with Crippen LogP contribution in [0.3, 0.4) is 0 Å². The number of methoxy groups -OCH3 is 1. The Balaban J connectivity index is 1.46. The second-order valence-electron chi connectivity index (χ2n) is 10.3. The third-order valence-electron chi connectivity index (χ3n) is 8.20. The highest BCUT2D eigenvalue weighted by Gasteiger charge is 2.57. The molecule has 6 rings (SSSR count). The van der Waals surface area contributed by atoms with E-state index in [2.05, 4.69) is 83.5 Å². The van der Waals surface area contributed by atoms with E-state index in [4.69, 9.17) is 4.74 Å². The largest absolute Gasteiger partial charge is 0.497 e. The van der Waals surface area contributed by atoms with Crippen molar-refractivity contribution in [3.63, 3.8) is 0 Å². The zero-order valence-electron chi connectivity index (χ0n) is 20.0. The second-order valence-corrected chi connectivity index (χ2v) is 10.3. The molecule has 1 aliphatic heterocycles. The van der Waals surface area contributed by atoms with Crippen LogP contribution in [-0.2, 0) is 24.8 Å². The average Bonchev–Trinajstić information content (AvgIpc) is 3.18. The van der Waals surface area contributed by atoms with E-state index in [0.29, 0.717) is 13.0 Å². The molecule has 2 atom stereocenters. The Kier molecular flexibility index (Phi) is 5.05. The maximum Gasteiger partial charge on any atom is 0.119 e. The Morgan fingerprint density at radius 1 is 1.00 bits per heavy atom. The van der Waals surface area contributed by atoms with Crippen molar-refractivity contribution in [2.24, 2.45) is 0 Å². The lowest BCUT2D eigenvalue weighted by atomic mass is 9.56. The number of hydrogen-bond donors (Lipinski definition) is 2. The topological polar surface area (TPSA) is 48.5 Å². The number of nitrogens with one attached hydrogen (secondary N) is 1. The number of rotatable bonds is 4. The molecule has 2 N–H and O–H groups in total. The predicted octanol–water partition coefficient (Wildman–Crippen LogP) is 5.16. The van der Waals surface area contributed by atoms with Crippen molar-refractivity contribution >= 4 is 10.9 Å². The molecule has 1 fully saturated rings. The average molecular weight is 453 g/mol. The van der Waals surface area contributed by atoms with E-state index in [1.165, 1.54) is 38.9 Å². The molecule has 4 aromatic rings. The number of nitrogens with zero attached hydrogens (tertiary/aromatic N) is 1. The van der Waals surface area contributed by atoms with Gasteiger partial charge < -0.3 is 14.8 Å². The number of likely N-dealkylation sites (tertiary alicyclic amines) is 1. The molecule has 0 radical (unpaired) electrons.